The van der Waals surface area contributed by atoms with Gasteiger partial charge in [-0.05, 0) is 25.0 Å². The average molecular weight is 333 g/mol. The number of pyridine rings is 1. The van der Waals surface area contributed by atoms with Crippen LogP contribution in [0.4, 0.5) is 0 Å². The Hall–Kier alpha value is -1.30. The lowest BCUT2D eigenvalue weighted by atomic mass is 9.88. The summed E-state index contributed by atoms with van der Waals surface area (Å²) in [5.74, 6) is 0.149. The Balaban J connectivity index is 0.00000200. The van der Waals surface area contributed by atoms with Crippen molar-refractivity contribution in [1.29, 1.82) is 0 Å². The van der Waals surface area contributed by atoms with E-state index in [0.29, 0.717) is 12.1 Å². The molecule has 2 heterocycles. The third-order valence-corrected chi connectivity index (χ3v) is 3.75. The van der Waals surface area contributed by atoms with Crippen LogP contribution in [-0.2, 0) is 0 Å². The first-order valence-corrected chi connectivity index (χ1v) is 6.41. The van der Waals surface area contributed by atoms with Gasteiger partial charge in [0.2, 0.25) is 0 Å². The molecule has 0 aliphatic rings. The molecule has 0 saturated heterocycles. The molecule has 0 aliphatic carbocycles. The van der Waals surface area contributed by atoms with Crippen LogP contribution in [0.1, 0.15) is 31.1 Å². The van der Waals surface area contributed by atoms with E-state index in [4.69, 9.17) is 5.73 Å². The molecule has 0 aromatic carbocycles. The van der Waals surface area contributed by atoms with Crippen molar-refractivity contribution in [3.05, 3.63) is 36.3 Å². The molecule has 3 N–H and O–H groups in total. The summed E-state index contributed by atoms with van der Waals surface area (Å²) in [5.41, 5.74) is 6.80. The Morgan fingerprint density at radius 2 is 2.10 bits per heavy atom. The molecule has 21 heavy (non-hydrogen) atoms. The number of carbonyl (C=O) groups excluding carboxylic acids is 1. The molecule has 2 aromatic rings. The van der Waals surface area contributed by atoms with E-state index in [-0.39, 0.29) is 36.6 Å². The normalized spacial score (nSPS) is 13.2. The minimum atomic E-state index is -0.402. The summed E-state index contributed by atoms with van der Waals surface area (Å²) in [7, 11) is 0. The molecule has 0 aliphatic heterocycles. The van der Waals surface area contributed by atoms with Crippen molar-refractivity contribution >= 4 is 36.4 Å². The van der Waals surface area contributed by atoms with E-state index < -0.39 is 5.54 Å². The van der Waals surface area contributed by atoms with E-state index >= 15 is 0 Å². The van der Waals surface area contributed by atoms with E-state index in [1.54, 1.807) is 18.5 Å². The van der Waals surface area contributed by atoms with Crippen LogP contribution in [0.15, 0.2) is 30.7 Å². The maximum absolute atomic E-state index is 12.3. The lowest BCUT2D eigenvalue weighted by Gasteiger charge is -2.33. The summed E-state index contributed by atoms with van der Waals surface area (Å²) in [4.78, 5) is 16.4. The number of fused-ring (bicyclic) bond motifs is 1. The summed E-state index contributed by atoms with van der Waals surface area (Å²) in [5, 5.41) is 3.02. The standard InChI is InChI=1S/C14H20N4O.2ClH/c1-10(2)14(3,9-15)17-13(19)11-4-5-12-16-6-7-18(12)8-11;;/h4-8,10H,9,15H2,1-3H3,(H,17,19);2*1H. The third-order valence-electron chi connectivity index (χ3n) is 3.75. The Labute approximate surface area is 137 Å². The number of hydrogen-bond donors (Lipinski definition) is 2. The van der Waals surface area contributed by atoms with Crippen LogP contribution in [0, 0.1) is 5.92 Å². The van der Waals surface area contributed by atoms with Gasteiger partial charge in [0.1, 0.15) is 5.65 Å². The molecular weight excluding hydrogens is 311 g/mol. The van der Waals surface area contributed by atoms with Gasteiger partial charge < -0.3 is 15.5 Å². The Morgan fingerprint density at radius 3 is 2.67 bits per heavy atom. The number of aromatic nitrogens is 2. The number of nitrogens with zero attached hydrogens (tertiary/aromatic N) is 2. The predicted octanol–water partition coefficient (Wildman–Crippen LogP) is 2.28. The first-order chi connectivity index (χ1) is 8.96. The van der Waals surface area contributed by atoms with Gasteiger partial charge in [0.25, 0.3) is 5.91 Å². The van der Waals surface area contributed by atoms with E-state index in [1.807, 2.05) is 37.4 Å². The summed E-state index contributed by atoms with van der Waals surface area (Å²) >= 11 is 0. The number of nitrogens with two attached hydrogens (primary N) is 1. The molecule has 1 unspecified atom stereocenters. The second kappa shape index (κ2) is 7.64. The van der Waals surface area contributed by atoms with E-state index in [2.05, 4.69) is 10.3 Å². The number of imidazole rings is 1. The second-order valence-corrected chi connectivity index (χ2v) is 5.34. The summed E-state index contributed by atoms with van der Waals surface area (Å²) in [6.45, 7) is 6.47. The number of hydrogen-bond acceptors (Lipinski definition) is 3. The SMILES string of the molecule is CC(C)C(C)(CN)NC(=O)c1ccc2nccn2c1.Cl.Cl. The van der Waals surface area contributed by atoms with Crippen LogP contribution >= 0.6 is 24.8 Å². The highest BCUT2D eigenvalue weighted by Gasteiger charge is 2.28. The van der Waals surface area contributed by atoms with Gasteiger partial charge in [0, 0.05) is 25.1 Å². The second-order valence-electron chi connectivity index (χ2n) is 5.34. The fourth-order valence-corrected chi connectivity index (χ4v) is 1.82. The molecule has 0 bridgehead atoms. The van der Waals surface area contributed by atoms with Crippen LogP contribution < -0.4 is 11.1 Å². The molecular formula is C14H22Cl2N4O. The van der Waals surface area contributed by atoms with Crippen molar-refractivity contribution in [2.75, 3.05) is 6.54 Å². The average Bonchev–Trinajstić information content (AvgIpc) is 2.85. The van der Waals surface area contributed by atoms with Crippen LogP contribution in [-0.4, -0.2) is 27.4 Å². The topological polar surface area (TPSA) is 72.4 Å². The summed E-state index contributed by atoms with van der Waals surface area (Å²) < 4.78 is 1.82. The van der Waals surface area contributed by atoms with E-state index in [1.165, 1.54) is 0 Å². The predicted molar refractivity (Wildman–Crippen MR) is 89.5 cm³/mol. The first-order valence-electron chi connectivity index (χ1n) is 6.41. The van der Waals surface area contributed by atoms with Crippen molar-refractivity contribution < 1.29 is 4.79 Å². The zero-order valence-electron chi connectivity index (χ0n) is 12.4. The Bertz CT molecular complexity index is 599. The third kappa shape index (κ3) is 4.09. The van der Waals surface area contributed by atoms with Crippen molar-refractivity contribution in [1.82, 2.24) is 14.7 Å². The van der Waals surface area contributed by atoms with E-state index in [0.717, 1.165) is 5.65 Å². The van der Waals surface area contributed by atoms with Crippen LogP contribution in [0.3, 0.4) is 0 Å². The molecule has 5 nitrogen and oxygen atoms in total. The molecule has 0 saturated carbocycles. The largest absolute Gasteiger partial charge is 0.345 e. The molecule has 2 aromatic heterocycles. The van der Waals surface area contributed by atoms with Gasteiger partial charge in [0.05, 0.1) is 11.1 Å². The first kappa shape index (κ1) is 19.7. The highest BCUT2D eigenvalue weighted by atomic mass is 35.5. The van der Waals surface area contributed by atoms with Crippen LogP contribution in [0.2, 0.25) is 0 Å². The Morgan fingerprint density at radius 1 is 1.43 bits per heavy atom. The zero-order chi connectivity index (χ0) is 14.0. The number of carbonyl (C=O) groups is 1. The van der Waals surface area contributed by atoms with Crippen LogP contribution in [0.25, 0.3) is 5.65 Å². The van der Waals surface area contributed by atoms with Gasteiger partial charge in [-0.25, -0.2) is 4.98 Å². The molecule has 1 atom stereocenters. The molecule has 118 valence electrons. The van der Waals surface area contributed by atoms with Crippen molar-refractivity contribution in [2.45, 2.75) is 26.3 Å². The maximum atomic E-state index is 12.3. The van der Waals surface area contributed by atoms with Gasteiger partial charge >= 0.3 is 0 Å². The maximum Gasteiger partial charge on any atom is 0.253 e. The fourth-order valence-electron chi connectivity index (χ4n) is 1.82. The van der Waals surface area contributed by atoms with Crippen molar-refractivity contribution in [3.8, 4) is 0 Å². The quantitative estimate of drug-likeness (QED) is 0.902. The molecule has 0 fully saturated rings. The van der Waals surface area contributed by atoms with Gasteiger partial charge in [0.15, 0.2) is 0 Å². The van der Waals surface area contributed by atoms with Gasteiger partial charge in [-0.3, -0.25) is 4.79 Å². The van der Waals surface area contributed by atoms with Gasteiger partial charge in [-0.2, -0.15) is 0 Å². The van der Waals surface area contributed by atoms with Gasteiger partial charge in [-0.15, -0.1) is 24.8 Å². The lowest BCUT2D eigenvalue weighted by molar-refractivity contribution is 0.0883. The van der Waals surface area contributed by atoms with Crippen LogP contribution in [0.5, 0.6) is 0 Å². The number of amides is 1. The zero-order valence-corrected chi connectivity index (χ0v) is 14.0. The lowest BCUT2D eigenvalue weighted by Crippen LogP contribution is -2.55. The van der Waals surface area contributed by atoms with Crippen molar-refractivity contribution in [3.63, 3.8) is 0 Å². The number of rotatable bonds is 4. The molecule has 0 spiro atoms. The monoisotopic (exact) mass is 332 g/mol. The molecule has 1 amide bonds. The smallest absolute Gasteiger partial charge is 0.253 e. The molecule has 7 heteroatoms. The molecule has 2 rings (SSSR count). The molecule has 0 radical (unpaired) electrons. The van der Waals surface area contributed by atoms with Crippen molar-refractivity contribution in [2.24, 2.45) is 11.7 Å². The minimum absolute atomic E-state index is 0. The summed E-state index contributed by atoms with van der Waals surface area (Å²) in [6, 6.07) is 3.60. The summed E-state index contributed by atoms with van der Waals surface area (Å²) in [6.07, 6.45) is 5.29. The fraction of sp³-hybridized carbons (Fsp3) is 0.429. The van der Waals surface area contributed by atoms with E-state index in [9.17, 15) is 4.79 Å². The Kier molecular flexibility index (Phi) is 7.16. The highest BCUT2D eigenvalue weighted by molar-refractivity contribution is 5.94. The number of nitrogens with one attached hydrogen (secondary N) is 1. The minimum Gasteiger partial charge on any atom is -0.345 e. The highest BCUT2D eigenvalue weighted by Crippen LogP contribution is 2.16. The number of halogens is 2. The van der Waals surface area contributed by atoms with Gasteiger partial charge in [-0.1, -0.05) is 13.8 Å².